The maximum Gasteiger partial charge on any atom is 0.285 e. The number of hydrogen-bond donors (Lipinski definition) is 2. The average Bonchev–Trinajstić information content (AvgIpc) is 2.82. The highest BCUT2D eigenvalue weighted by atomic mass is 32.2. The average molecular weight is 497 g/mol. The van der Waals surface area contributed by atoms with Gasteiger partial charge in [0.05, 0.1) is 12.5 Å². The lowest BCUT2D eigenvalue weighted by molar-refractivity contribution is 0.0746. The minimum absolute atomic E-state index is 0.0767. The summed E-state index contributed by atoms with van der Waals surface area (Å²) in [6.45, 7) is 3.93. The summed E-state index contributed by atoms with van der Waals surface area (Å²) in [5, 5.41) is 17.5. The highest BCUT2D eigenvalue weighted by molar-refractivity contribution is 7.89. The number of aromatic hydroxyl groups is 1. The van der Waals surface area contributed by atoms with E-state index in [4.69, 9.17) is 0 Å². The van der Waals surface area contributed by atoms with E-state index in [9.17, 15) is 23.1 Å². The first-order chi connectivity index (χ1) is 16.6. The molecular formula is C23H24N6O5S. The lowest BCUT2D eigenvalue weighted by atomic mass is 9.99. The summed E-state index contributed by atoms with van der Waals surface area (Å²) in [7, 11) is -3.69. The third-order valence-electron chi connectivity index (χ3n) is 5.56. The molecule has 1 aliphatic rings. The van der Waals surface area contributed by atoms with Crippen LogP contribution in [0.2, 0.25) is 0 Å². The highest BCUT2D eigenvalue weighted by Crippen LogP contribution is 2.26. The van der Waals surface area contributed by atoms with Gasteiger partial charge >= 0.3 is 0 Å². The van der Waals surface area contributed by atoms with Crippen molar-refractivity contribution in [3.63, 3.8) is 0 Å². The minimum Gasteiger partial charge on any atom is -0.506 e. The monoisotopic (exact) mass is 496 g/mol. The maximum atomic E-state index is 13.1. The molecule has 3 heterocycles. The number of nitrogens with one attached hydrogen (secondary N) is 1. The number of carbonyl (C=O) groups is 2. The zero-order chi connectivity index (χ0) is 25.2. The number of rotatable bonds is 5. The van der Waals surface area contributed by atoms with Gasteiger partial charge in [0.1, 0.15) is 5.75 Å². The van der Waals surface area contributed by atoms with Crippen LogP contribution in [0.4, 0.5) is 5.82 Å². The largest absolute Gasteiger partial charge is 0.506 e. The molecule has 2 aromatic heterocycles. The van der Waals surface area contributed by atoms with Crippen LogP contribution >= 0.6 is 0 Å². The highest BCUT2D eigenvalue weighted by Gasteiger charge is 2.24. The van der Waals surface area contributed by atoms with Crippen LogP contribution in [-0.2, 0) is 10.0 Å². The molecule has 0 atom stereocenters. The molecular weight excluding hydrogens is 472 g/mol. The number of nitrogens with zero attached hydrogens (tertiary/aromatic N) is 5. The lowest BCUT2D eigenvalue weighted by Gasteiger charge is -2.35. The van der Waals surface area contributed by atoms with Gasteiger partial charge in [-0.1, -0.05) is 6.07 Å². The zero-order valence-corrected chi connectivity index (χ0v) is 20.0. The normalized spacial score (nSPS) is 14.0. The third kappa shape index (κ3) is 5.72. The van der Waals surface area contributed by atoms with Gasteiger partial charge in [-0.05, 0) is 48.4 Å². The van der Waals surface area contributed by atoms with Crippen molar-refractivity contribution in [1.29, 1.82) is 0 Å². The van der Waals surface area contributed by atoms with Crippen LogP contribution in [0.15, 0.2) is 48.8 Å². The van der Waals surface area contributed by atoms with Gasteiger partial charge in [0.25, 0.3) is 11.8 Å². The van der Waals surface area contributed by atoms with E-state index in [-0.39, 0.29) is 17.4 Å². The third-order valence-corrected chi connectivity index (χ3v) is 6.12. The van der Waals surface area contributed by atoms with E-state index in [1.165, 1.54) is 12.3 Å². The quantitative estimate of drug-likeness (QED) is 0.532. The number of carbonyl (C=O) groups excluding carboxylic acids is 2. The van der Waals surface area contributed by atoms with Crippen LogP contribution in [0.1, 0.15) is 26.4 Å². The fourth-order valence-electron chi connectivity index (χ4n) is 3.85. The molecule has 0 saturated carbocycles. The number of amides is 2. The van der Waals surface area contributed by atoms with Gasteiger partial charge < -0.3 is 14.9 Å². The fraction of sp³-hybridized carbons (Fsp3) is 0.261. The molecule has 2 amide bonds. The van der Waals surface area contributed by atoms with Crippen LogP contribution in [0, 0.1) is 6.92 Å². The molecule has 1 fully saturated rings. The number of hydrogen-bond acceptors (Lipinski definition) is 9. The Hall–Kier alpha value is -4.06. The van der Waals surface area contributed by atoms with Crippen LogP contribution < -0.4 is 9.62 Å². The second kappa shape index (κ2) is 9.66. The molecule has 1 aromatic carbocycles. The number of pyridine rings is 1. The molecule has 182 valence electrons. The fourth-order valence-corrected chi connectivity index (χ4v) is 4.29. The second-order valence-electron chi connectivity index (χ2n) is 8.22. The molecule has 1 aliphatic heterocycles. The van der Waals surface area contributed by atoms with Crippen molar-refractivity contribution >= 4 is 27.7 Å². The molecule has 11 nitrogen and oxygen atoms in total. The van der Waals surface area contributed by atoms with Crippen LogP contribution in [0.3, 0.4) is 0 Å². The number of aryl methyl sites for hydroxylation is 1. The Labute approximate surface area is 202 Å². The van der Waals surface area contributed by atoms with Gasteiger partial charge in [-0.25, -0.2) is 13.1 Å². The number of benzene rings is 1. The topological polar surface area (TPSA) is 146 Å². The summed E-state index contributed by atoms with van der Waals surface area (Å²) in [4.78, 5) is 32.7. The van der Waals surface area contributed by atoms with Crippen LogP contribution in [0.5, 0.6) is 5.75 Å². The standard InChI is InChI=1S/C23H24N6O5S/c1-15-11-16(3-4-19(15)17-12-18(30)14-24-13-17)23(32)29-9-7-28(8-10-29)21-6-5-20(25-26-21)22(31)27-35(2,33)34/h3-6,11-14,30H,7-10H2,1-2H3,(H,27,31). The SMILES string of the molecule is Cc1cc(C(=O)N2CCN(c3ccc(C(=O)NS(C)(=O)=O)nn3)CC2)ccc1-c1cncc(O)c1. The number of piperazine rings is 1. The molecule has 3 aromatic rings. The van der Waals surface area contributed by atoms with Gasteiger partial charge in [0.15, 0.2) is 11.5 Å². The molecule has 4 rings (SSSR count). The number of aromatic nitrogens is 3. The van der Waals surface area contributed by atoms with Gasteiger partial charge in [0, 0.05) is 43.5 Å². The van der Waals surface area contributed by atoms with Gasteiger partial charge in [-0.2, -0.15) is 0 Å². The van der Waals surface area contributed by atoms with Crippen LogP contribution in [0.25, 0.3) is 11.1 Å². The van der Waals surface area contributed by atoms with Gasteiger partial charge in [-0.3, -0.25) is 14.6 Å². The number of sulfonamides is 1. The molecule has 0 radical (unpaired) electrons. The van der Waals surface area contributed by atoms with Crippen molar-refractivity contribution in [2.75, 3.05) is 37.3 Å². The van der Waals surface area contributed by atoms with E-state index in [0.717, 1.165) is 22.9 Å². The minimum atomic E-state index is -3.69. The summed E-state index contributed by atoms with van der Waals surface area (Å²) in [5.41, 5.74) is 3.04. The second-order valence-corrected chi connectivity index (χ2v) is 9.97. The first-order valence-corrected chi connectivity index (χ1v) is 12.6. The Bertz CT molecular complexity index is 1370. The molecule has 1 saturated heterocycles. The van der Waals surface area contributed by atoms with E-state index in [1.54, 1.807) is 29.3 Å². The van der Waals surface area contributed by atoms with Crippen molar-refractivity contribution in [3.05, 3.63) is 65.6 Å². The van der Waals surface area contributed by atoms with Gasteiger partial charge in [-0.15, -0.1) is 10.2 Å². The van der Waals surface area contributed by atoms with Crippen molar-refractivity contribution in [1.82, 2.24) is 24.8 Å². The molecule has 0 aliphatic carbocycles. The molecule has 12 heteroatoms. The van der Waals surface area contributed by atoms with E-state index in [0.29, 0.717) is 37.6 Å². The van der Waals surface area contributed by atoms with E-state index in [1.807, 2.05) is 28.7 Å². The van der Waals surface area contributed by atoms with Crippen molar-refractivity contribution in [2.45, 2.75) is 6.92 Å². The lowest BCUT2D eigenvalue weighted by Crippen LogP contribution is -2.49. The number of anilines is 1. The zero-order valence-electron chi connectivity index (χ0n) is 19.2. The predicted octanol–water partition coefficient (Wildman–Crippen LogP) is 1.20. The van der Waals surface area contributed by atoms with E-state index >= 15 is 0 Å². The first-order valence-electron chi connectivity index (χ1n) is 10.8. The maximum absolute atomic E-state index is 13.1. The smallest absolute Gasteiger partial charge is 0.285 e. The molecule has 35 heavy (non-hydrogen) atoms. The van der Waals surface area contributed by atoms with E-state index in [2.05, 4.69) is 15.2 Å². The molecule has 2 N–H and O–H groups in total. The summed E-state index contributed by atoms with van der Waals surface area (Å²) in [6.07, 6.45) is 3.91. The predicted molar refractivity (Wildman–Crippen MR) is 129 cm³/mol. The first kappa shape index (κ1) is 24.1. The van der Waals surface area contributed by atoms with Crippen molar-refractivity contribution < 1.29 is 23.1 Å². The summed E-state index contributed by atoms with van der Waals surface area (Å²) < 4.78 is 24.2. The van der Waals surface area contributed by atoms with Crippen molar-refractivity contribution in [2.24, 2.45) is 0 Å². The Morgan fingerprint density at radius 1 is 1.00 bits per heavy atom. The van der Waals surface area contributed by atoms with Gasteiger partial charge in [0.2, 0.25) is 10.0 Å². The Kier molecular flexibility index (Phi) is 6.65. The Morgan fingerprint density at radius 3 is 2.34 bits per heavy atom. The summed E-state index contributed by atoms with van der Waals surface area (Å²) in [6, 6.07) is 10.1. The summed E-state index contributed by atoms with van der Waals surface area (Å²) >= 11 is 0. The van der Waals surface area contributed by atoms with Crippen LogP contribution in [-0.4, -0.2) is 77.9 Å². The van der Waals surface area contributed by atoms with Crippen molar-refractivity contribution in [3.8, 4) is 16.9 Å². The molecule has 0 spiro atoms. The molecule has 0 bridgehead atoms. The Morgan fingerprint density at radius 2 is 1.74 bits per heavy atom. The van der Waals surface area contributed by atoms with E-state index < -0.39 is 15.9 Å². The molecule has 0 unspecified atom stereocenters. The Balaban J connectivity index is 1.38. The summed E-state index contributed by atoms with van der Waals surface area (Å²) in [5.74, 6) is -0.305.